The largest absolute Gasteiger partial charge is 0.487 e. The number of benzene rings is 1. The Kier molecular flexibility index (Phi) is 4.36. The third-order valence-corrected chi connectivity index (χ3v) is 4.20. The molecule has 126 valence electrons. The van der Waals surface area contributed by atoms with Gasteiger partial charge in [0.25, 0.3) is 0 Å². The quantitative estimate of drug-likeness (QED) is 0.462. The van der Waals surface area contributed by atoms with E-state index < -0.39 is 0 Å². The molecule has 0 amide bonds. The maximum atomic E-state index is 11.7. The molecular weight excluding hydrogens is 288 g/mol. The fraction of sp³-hybridized carbons (Fsp3) is 0.550. The van der Waals surface area contributed by atoms with Crippen molar-refractivity contribution in [2.75, 3.05) is 0 Å². The Morgan fingerprint density at radius 2 is 2.00 bits per heavy atom. The molecule has 1 aromatic rings. The van der Waals surface area contributed by atoms with Gasteiger partial charge in [-0.1, -0.05) is 26.8 Å². The third kappa shape index (κ3) is 3.29. The third-order valence-electron chi connectivity index (χ3n) is 4.20. The Bertz CT molecular complexity index is 661. The van der Waals surface area contributed by atoms with Gasteiger partial charge >= 0.3 is 5.97 Å². The van der Waals surface area contributed by atoms with Gasteiger partial charge < -0.3 is 9.47 Å². The van der Waals surface area contributed by atoms with E-state index >= 15 is 0 Å². The average molecular weight is 316 g/mol. The summed E-state index contributed by atoms with van der Waals surface area (Å²) in [5, 5.41) is 0. The Hall–Kier alpha value is -1.77. The molecule has 1 aliphatic heterocycles. The lowest BCUT2D eigenvalue weighted by Gasteiger charge is -2.29. The van der Waals surface area contributed by atoms with Crippen LogP contribution < -0.4 is 9.47 Å². The maximum Gasteiger partial charge on any atom is 0.308 e. The summed E-state index contributed by atoms with van der Waals surface area (Å²) in [4.78, 5) is 11.7. The number of esters is 1. The monoisotopic (exact) mass is 316 g/mol. The van der Waals surface area contributed by atoms with E-state index in [4.69, 9.17) is 9.47 Å². The van der Waals surface area contributed by atoms with Crippen LogP contribution in [-0.2, 0) is 23.1 Å². The van der Waals surface area contributed by atoms with Crippen LogP contribution in [0, 0.1) is 6.92 Å². The summed E-state index contributed by atoms with van der Waals surface area (Å²) in [6.45, 7) is 17.9. The highest BCUT2D eigenvalue weighted by atomic mass is 16.5. The van der Waals surface area contributed by atoms with Crippen LogP contribution in [0.2, 0.25) is 0 Å². The molecule has 3 heteroatoms. The van der Waals surface area contributed by atoms with Crippen molar-refractivity contribution in [1.82, 2.24) is 0 Å². The Morgan fingerprint density at radius 1 is 1.39 bits per heavy atom. The molecule has 0 saturated heterocycles. The van der Waals surface area contributed by atoms with E-state index in [-0.39, 0.29) is 17.0 Å². The molecule has 0 unspecified atom stereocenters. The summed E-state index contributed by atoms with van der Waals surface area (Å²) in [7, 11) is 0. The minimum absolute atomic E-state index is 0.168. The molecule has 3 nitrogen and oxygen atoms in total. The molecule has 0 aromatic heterocycles. The van der Waals surface area contributed by atoms with Crippen molar-refractivity contribution in [3.05, 3.63) is 34.9 Å². The molecule has 0 radical (unpaired) electrons. The predicted octanol–water partition coefficient (Wildman–Crippen LogP) is 4.66. The van der Waals surface area contributed by atoms with Gasteiger partial charge in [0.1, 0.15) is 17.1 Å². The van der Waals surface area contributed by atoms with E-state index in [1.54, 1.807) is 0 Å². The van der Waals surface area contributed by atoms with Crippen molar-refractivity contribution in [2.45, 2.75) is 72.3 Å². The number of carbonyl (C=O) groups is 1. The van der Waals surface area contributed by atoms with Gasteiger partial charge in [0.05, 0.1) is 0 Å². The Morgan fingerprint density at radius 3 is 2.48 bits per heavy atom. The van der Waals surface area contributed by atoms with E-state index in [1.807, 2.05) is 13.0 Å². The molecule has 0 atom stereocenters. The molecule has 1 aliphatic rings. The van der Waals surface area contributed by atoms with E-state index in [0.717, 1.165) is 34.4 Å². The van der Waals surface area contributed by atoms with Gasteiger partial charge in [-0.25, -0.2) is 0 Å². The van der Waals surface area contributed by atoms with E-state index in [9.17, 15) is 4.79 Å². The highest BCUT2D eigenvalue weighted by Crippen LogP contribution is 2.49. The first-order valence-corrected chi connectivity index (χ1v) is 8.15. The minimum atomic E-state index is -0.290. The average Bonchev–Trinajstić information content (AvgIpc) is 2.69. The topological polar surface area (TPSA) is 35.5 Å². The van der Waals surface area contributed by atoms with Crippen molar-refractivity contribution in [1.29, 1.82) is 0 Å². The van der Waals surface area contributed by atoms with Crippen LogP contribution in [0.5, 0.6) is 11.5 Å². The van der Waals surface area contributed by atoms with Crippen LogP contribution >= 0.6 is 0 Å². The second kappa shape index (κ2) is 5.70. The van der Waals surface area contributed by atoms with Gasteiger partial charge in [0, 0.05) is 30.0 Å². The standard InChI is InChI=1S/C20H28O3/c1-9-10-14-16(19(4,5)6)17(22-13(3)21)12(2)15-11-20(7,8)23-18(14)15/h9H,1,10-11H2,2-8H3. The zero-order valence-electron chi connectivity index (χ0n) is 15.4. The lowest BCUT2D eigenvalue weighted by atomic mass is 9.79. The predicted molar refractivity (Wildman–Crippen MR) is 93.5 cm³/mol. The number of fused-ring (bicyclic) bond motifs is 1. The molecule has 0 aliphatic carbocycles. The lowest BCUT2D eigenvalue weighted by Crippen LogP contribution is -2.25. The van der Waals surface area contributed by atoms with Crippen LogP contribution in [0.15, 0.2) is 12.7 Å². The molecule has 2 rings (SSSR count). The summed E-state index contributed by atoms with van der Waals surface area (Å²) in [5.74, 6) is 1.36. The van der Waals surface area contributed by atoms with Gasteiger partial charge in [0.15, 0.2) is 0 Å². The van der Waals surface area contributed by atoms with Crippen molar-refractivity contribution >= 4 is 5.97 Å². The maximum absolute atomic E-state index is 11.7. The van der Waals surface area contributed by atoms with Crippen molar-refractivity contribution < 1.29 is 14.3 Å². The highest BCUT2D eigenvalue weighted by Gasteiger charge is 2.38. The van der Waals surface area contributed by atoms with Crippen LogP contribution in [0.4, 0.5) is 0 Å². The first kappa shape index (κ1) is 17.6. The Balaban J connectivity index is 2.85. The minimum Gasteiger partial charge on any atom is -0.487 e. The summed E-state index contributed by atoms with van der Waals surface area (Å²) in [6.07, 6.45) is 3.39. The van der Waals surface area contributed by atoms with Gasteiger partial charge in [0.2, 0.25) is 0 Å². The van der Waals surface area contributed by atoms with Crippen molar-refractivity contribution in [2.24, 2.45) is 0 Å². The van der Waals surface area contributed by atoms with Crippen LogP contribution in [0.25, 0.3) is 0 Å². The first-order valence-electron chi connectivity index (χ1n) is 8.15. The van der Waals surface area contributed by atoms with E-state index in [1.165, 1.54) is 6.92 Å². The van der Waals surface area contributed by atoms with Gasteiger partial charge in [-0.3, -0.25) is 4.79 Å². The molecule has 23 heavy (non-hydrogen) atoms. The number of rotatable bonds is 3. The molecule has 0 spiro atoms. The van der Waals surface area contributed by atoms with Crippen LogP contribution in [0.3, 0.4) is 0 Å². The van der Waals surface area contributed by atoms with Crippen molar-refractivity contribution in [3.8, 4) is 11.5 Å². The van der Waals surface area contributed by atoms with Gasteiger partial charge in [-0.2, -0.15) is 0 Å². The van der Waals surface area contributed by atoms with Gasteiger partial charge in [-0.05, 0) is 38.2 Å². The molecule has 0 N–H and O–H groups in total. The van der Waals surface area contributed by atoms with Crippen LogP contribution in [-0.4, -0.2) is 11.6 Å². The Labute approximate surface area is 139 Å². The highest BCUT2D eigenvalue weighted by molar-refractivity contribution is 5.73. The number of hydrogen-bond donors (Lipinski definition) is 0. The summed E-state index contributed by atoms with van der Waals surface area (Å²) < 4.78 is 11.9. The summed E-state index contributed by atoms with van der Waals surface area (Å²) in [6, 6.07) is 0. The lowest BCUT2D eigenvalue weighted by molar-refractivity contribution is -0.132. The molecule has 0 bridgehead atoms. The van der Waals surface area contributed by atoms with Crippen LogP contribution in [0.1, 0.15) is 63.8 Å². The molecule has 0 fully saturated rings. The summed E-state index contributed by atoms with van der Waals surface area (Å²) >= 11 is 0. The van der Waals surface area contributed by atoms with E-state index in [0.29, 0.717) is 12.2 Å². The fourth-order valence-electron chi connectivity index (χ4n) is 3.41. The first-order chi connectivity index (χ1) is 10.5. The molecular formula is C20H28O3. The molecule has 1 heterocycles. The number of allylic oxidation sites excluding steroid dienone is 1. The zero-order chi connectivity index (χ0) is 17.6. The smallest absolute Gasteiger partial charge is 0.308 e. The van der Waals surface area contributed by atoms with Crippen molar-refractivity contribution in [3.63, 3.8) is 0 Å². The molecule has 1 aromatic carbocycles. The molecule has 0 saturated carbocycles. The van der Waals surface area contributed by atoms with E-state index in [2.05, 4.69) is 41.2 Å². The summed E-state index contributed by atoms with van der Waals surface area (Å²) in [5.41, 5.74) is 3.89. The number of ether oxygens (including phenoxy) is 2. The zero-order valence-corrected chi connectivity index (χ0v) is 15.4. The fourth-order valence-corrected chi connectivity index (χ4v) is 3.41. The SMILES string of the molecule is C=CCc1c2c(c(C)c(OC(C)=O)c1C(C)(C)C)CC(C)(C)O2. The number of hydrogen-bond acceptors (Lipinski definition) is 3. The second-order valence-corrected chi connectivity index (χ2v) is 7.99. The second-order valence-electron chi connectivity index (χ2n) is 7.99. The normalized spacial score (nSPS) is 15.8. The van der Waals surface area contributed by atoms with Gasteiger partial charge in [-0.15, -0.1) is 6.58 Å². The number of carbonyl (C=O) groups excluding carboxylic acids is 1.